The fourth-order valence-electron chi connectivity index (χ4n) is 2.72. The minimum absolute atomic E-state index is 0.0410. The highest BCUT2D eigenvalue weighted by molar-refractivity contribution is 7.89. The van der Waals surface area contributed by atoms with Gasteiger partial charge in [-0.15, -0.1) is 0 Å². The van der Waals surface area contributed by atoms with E-state index in [0.29, 0.717) is 13.1 Å². The van der Waals surface area contributed by atoms with Gasteiger partial charge in [0.1, 0.15) is 0 Å². The maximum Gasteiger partial charge on any atom is 0.240 e. The summed E-state index contributed by atoms with van der Waals surface area (Å²) in [7, 11) is -3.56. The first kappa shape index (κ1) is 17.9. The molecular weight excluding hydrogens is 314 g/mol. The van der Waals surface area contributed by atoms with Crippen LogP contribution in [0.5, 0.6) is 0 Å². The lowest BCUT2D eigenvalue weighted by Crippen LogP contribution is -2.54. The number of amides is 1. The molecule has 0 aromatic heterocycles. The second-order valence-electron chi connectivity index (χ2n) is 6.66. The van der Waals surface area contributed by atoms with Crippen molar-refractivity contribution in [3.63, 3.8) is 0 Å². The Balaban J connectivity index is 1.86. The van der Waals surface area contributed by atoms with Gasteiger partial charge < -0.3 is 10.6 Å². The molecule has 1 heterocycles. The number of nitrogens with one attached hydrogen (secondary N) is 1. The summed E-state index contributed by atoms with van der Waals surface area (Å²) in [5.74, 6) is -0.0410. The lowest BCUT2D eigenvalue weighted by molar-refractivity contribution is -0.134. The second kappa shape index (κ2) is 6.98. The fraction of sp³-hybridized carbons (Fsp3) is 0.562. The van der Waals surface area contributed by atoms with E-state index in [0.717, 1.165) is 6.42 Å². The quantitative estimate of drug-likeness (QED) is 0.835. The number of hydrogen-bond acceptors (Lipinski definition) is 4. The molecule has 2 rings (SSSR count). The van der Waals surface area contributed by atoms with E-state index in [2.05, 4.69) is 18.6 Å². The van der Waals surface area contributed by atoms with Crippen molar-refractivity contribution in [3.8, 4) is 0 Å². The van der Waals surface area contributed by atoms with Crippen LogP contribution in [0.2, 0.25) is 0 Å². The molecule has 1 unspecified atom stereocenters. The molecule has 6 nitrogen and oxygen atoms in total. The van der Waals surface area contributed by atoms with Crippen molar-refractivity contribution in [2.75, 3.05) is 19.6 Å². The number of piperidine rings is 1. The predicted molar refractivity (Wildman–Crippen MR) is 89.2 cm³/mol. The summed E-state index contributed by atoms with van der Waals surface area (Å²) in [5, 5.41) is 0. The van der Waals surface area contributed by atoms with Gasteiger partial charge in [-0.3, -0.25) is 4.79 Å². The van der Waals surface area contributed by atoms with Gasteiger partial charge in [-0.25, -0.2) is 13.1 Å². The van der Waals surface area contributed by atoms with Crippen LogP contribution < -0.4 is 10.5 Å². The highest BCUT2D eigenvalue weighted by Gasteiger charge is 2.35. The Bertz CT molecular complexity index is 644. The number of likely N-dealkylation sites (tertiary alicyclic amines) is 1. The topological polar surface area (TPSA) is 92.5 Å². The zero-order valence-electron chi connectivity index (χ0n) is 13.7. The number of hydrogen-bond donors (Lipinski definition) is 2. The van der Waals surface area contributed by atoms with Gasteiger partial charge in [-0.2, -0.15) is 0 Å². The van der Waals surface area contributed by atoms with Crippen LogP contribution in [0.25, 0.3) is 0 Å². The minimum Gasteiger partial charge on any atom is -0.342 e. The fourth-order valence-corrected chi connectivity index (χ4v) is 3.77. The molecule has 3 N–H and O–H groups in total. The number of sulfonamides is 1. The monoisotopic (exact) mass is 339 g/mol. The maximum atomic E-state index is 12.3. The molecule has 1 aromatic carbocycles. The molecule has 1 aromatic rings. The summed E-state index contributed by atoms with van der Waals surface area (Å²) in [6.45, 7) is 5.44. The van der Waals surface area contributed by atoms with Crippen LogP contribution >= 0.6 is 0 Å². The summed E-state index contributed by atoms with van der Waals surface area (Å²) >= 11 is 0. The Morgan fingerprint density at radius 3 is 2.61 bits per heavy atom. The standard InChI is InChI=1S/C16H25N3O3S/c1-16(2)12-19(11-9-14(16)17)15(20)8-10-18-23(21,22)13-6-4-3-5-7-13/h3-7,14,18H,8-12,17H2,1-2H3. The van der Waals surface area contributed by atoms with Crippen molar-refractivity contribution in [1.29, 1.82) is 0 Å². The summed E-state index contributed by atoms with van der Waals surface area (Å²) in [6.07, 6.45) is 0.922. The van der Waals surface area contributed by atoms with E-state index in [-0.39, 0.29) is 35.2 Å². The first-order valence-electron chi connectivity index (χ1n) is 7.80. The van der Waals surface area contributed by atoms with Crippen LogP contribution in [0.3, 0.4) is 0 Å². The van der Waals surface area contributed by atoms with E-state index in [9.17, 15) is 13.2 Å². The normalized spacial score (nSPS) is 21.2. The molecule has 1 atom stereocenters. The molecule has 7 heteroatoms. The summed E-state index contributed by atoms with van der Waals surface area (Å²) in [6, 6.07) is 8.23. The van der Waals surface area contributed by atoms with Crippen molar-refractivity contribution in [2.45, 2.75) is 37.6 Å². The molecule has 0 saturated carbocycles. The van der Waals surface area contributed by atoms with Gasteiger partial charge in [0.15, 0.2) is 0 Å². The van der Waals surface area contributed by atoms with Crippen LogP contribution in [0.1, 0.15) is 26.7 Å². The van der Waals surface area contributed by atoms with Gasteiger partial charge in [-0.05, 0) is 24.0 Å². The lowest BCUT2D eigenvalue weighted by atomic mass is 9.79. The molecular formula is C16H25N3O3S. The van der Waals surface area contributed by atoms with Crippen LogP contribution in [-0.4, -0.2) is 44.9 Å². The van der Waals surface area contributed by atoms with E-state index < -0.39 is 10.0 Å². The molecule has 1 amide bonds. The average molecular weight is 339 g/mol. The summed E-state index contributed by atoms with van der Waals surface area (Å²) < 4.78 is 26.6. The number of benzene rings is 1. The maximum absolute atomic E-state index is 12.3. The van der Waals surface area contributed by atoms with Crippen molar-refractivity contribution in [1.82, 2.24) is 9.62 Å². The zero-order valence-corrected chi connectivity index (χ0v) is 14.5. The highest BCUT2D eigenvalue weighted by Crippen LogP contribution is 2.27. The van der Waals surface area contributed by atoms with Crippen molar-refractivity contribution >= 4 is 15.9 Å². The molecule has 0 bridgehead atoms. The number of carbonyl (C=O) groups excluding carboxylic acids is 1. The summed E-state index contributed by atoms with van der Waals surface area (Å²) in [5.41, 5.74) is 5.95. The van der Waals surface area contributed by atoms with Gasteiger partial charge in [0.25, 0.3) is 0 Å². The first-order chi connectivity index (χ1) is 10.7. The smallest absolute Gasteiger partial charge is 0.240 e. The largest absolute Gasteiger partial charge is 0.342 e. The molecule has 0 aliphatic carbocycles. The van der Waals surface area contributed by atoms with Crippen LogP contribution in [0.4, 0.5) is 0 Å². The lowest BCUT2D eigenvalue weighted by Gasteiger charge is -2.42. The Kier molecular flexibility index (Phi) is 5.44. The van der Waals surface area contributed by atoms with Crippen molar-refractivity contribution < 1.29 is 13.2 Å². The molecule has 1 aliphatic rings. The van der Waals surface area contributed by atoms with Crippen molar-refractivity contribution in [3.05, 3.63) is 30.3 Å². The predicted octanol–water partition coefficient (Wildman–Crippen LogP) is 0.941. The van der Waals surface area contributed by atoms with Crippen LogP contribution in [0.15, 0.2) is 35.2 Å². The average Bonchev–Trinajstić information content (AvgIpc) is 2.50. The molecule has 1 aliphatic heterocycles. The molecule has 0 radical (unpaired) electrons. The van der Waals surface area contributed by atoms with Gasteiger partial charge in [0.2, 0.25) is 15.9 Å². The third kappa shape index (κ3) is 4.53. The Morgan fingerprint density at radius 1 is 1.35 bits per heavy atom. The Morgan fingerprint density at radius 2 is 2.00 bits per heavy atom. The molecule has 23 heavy (non-hydrogen) atoms. The second-order valence-corrected chi connectivity index (χ2v) is 8.43. The zero-order chi connectivity index (χ0) is 17.1. The van der Waals surface area contributed by atoms with E-state index in [4.69, 9.17) is 5.73 Å². The molecule has 0 spiro atoms. The Labute approximate surface area is 138 Å². The van der Waals surface area contributed by atoms with E-state index in [1.807, 2.05) is 0 Å². The van der Waals surface area contributed by atoms with E-state index in [1.54, 1.807) is 23.1 Å². The molecule has 1 fully saturated rings. The van der Waals surface area contributed by atoms with Crippen LogP contribution in [-0.2, 0) is 14.8 Å². The van der Waals surface area contributed by atoms with Gasteiger partial charge in [0.05, 0.1) is 4.90 Å². The number of nitrogens with zero attached hydrogens (tertiary/aromatic N) is 1. The SMILES string of the molecule is CC1(C)CN(C(=O)CCNS(=O)(=O)c2ccccc2)CCC1N. The van der Waals surface area contributed by atoms with Gasteiger partial charge in [0, 0.05) is 32.1 Å². The number of nitrogens with two attached hydrogens (primary N) is 1. The first-order valence-corrected chi connectivity index (χ1v) is 9.29. The number of carbonyl (C=O) groups is 1. The van der Waals surface area contributed by atoms with Gasteiger partial charge in [-0.1, -0.05) is 32.0 Å². The highest BCUT2D eigenvalue weighted by atomic mass is 32.2. The Hall–Kier alpha value is -1.44. The van der Waals surface area contributed by atoms with E-state index in [1.165, 1.54) is 12.1 Å². The third-order valence-corrected chi connectivity index (χ3v) is 5.83. The van der Waals surface area contributed by atoms with Crippen LogP contribution in [0, 0.1) is 5.41 Å². The minimum atomic E-state index is -3.56. The third-order valence-electron chi connectivity index (χ3n) is 4.35. The van der Waals surface area contributed by atoms with Crippen molar-refractivity contribution in [2.24, 2.45) is 11.1 Å². The number of rotatable bonds is 5. The van der Waals surface area contributed by atoms with Gasteiger partial charge >= 0.3 is 0 Å². The molecule has 1 saturated heterocycles. The van der Waals surface area contributed by atoms with E-state index >= 15 is 0 Å². The molecule has 128 valence electrons. The summed E-state index contributed by atoms with van der Waals surface area (Å²) in [4.78, 5) is 14.2.